The lowest BCUT2D eigenvalue weighted by molar-refractivity contribution is -0.144. The minimum Gasteiger partial charge on any atom is -0.481 e. The summed E-state index contributed by atoms with van der Waals surface area (Å²) in [6, 6.07) is 0. The summed E-state index contributed by atoms with van der Waals surface area (Å²) in [5, 5.41) is 8.23. The lowest BCUT2D eigenvalue weighted by Crippen LogP contribution is -2.21. The van der Waals surface area contributed by atoms with Gasteiger partial charge in [-0.1, -0.05) is 0 Å². The number of Topliss-reactive ketones (excluding diaryl/α,β-unsaturated/α-hetero) is 1. The van der Waals surface area contributed by atoms with Crippen LogP contribution in [0.2, 0.25) is 0 Å². The molecule has 0 bridgehead atoms. The molecule has 0 aliphatic rings. The number of ketones is 1. The fourth-order valence-electron chi connectivity index (χ4n) is 0.275. The Kier molecular flexibility index (Phi) is 3.30. The Hall–Kier alpha value is -0.510. The van der Waals surface area contributed by atoms with Crippen molar-refractivity contribution in [2.45, 2.75) is 6.92 Å². The lowest BCUT2D eigenvalue weighted by atomic mass is 10.1. The average molecular weight is 148 g/mol. The normalized spacial score (nSPS) is 12.7. The van der Waals surface area contributed by atoms with E-state index in [1.165, 1.54) is 6.92 Å². The summed E-state index contributed by atoms with van der Waals surface area (Å²) in [7, 11) is 0. The van der Waals surface area contributed by atoms with Gasteiger partial charge < -0.3 is 5.11 Å². The summed E-state index contributed by atoms with van der Waals surface area (Å²) < 4.78 is 0. The molecule has 0 aromatic rings. The van der Waals surface area contributed by atoms with Crippen molar-refractivity contribution in [3.63, 3.8) is 0 Å². The summed E-state index contributed by atoms with van der Waals surface area (Å²) in [5.41, 5.74) is 0. The van der Waals surface area contributed by atoms with E-state index < -0.39 is 11.9 Å². The minimum atomic E-state index is -1.09. The molecular formula is C5H8O3S. The molecule has 1 atom stereocenters. The minimum absolute atomic E-state index is 0.00648. The molecule has 0 aromatic carbocycles. The van der Waals surface area contributed by atoms with E-state index in [1.807, 2.05) is 0 Å². The van der Waals surface area contributed by atoms with Crippen molar-refractivity contribution in [1.82, 2.24) is 0 Å². The molecular weight excluding hydrogens is 140 g/mol. The van der Waals surface area contributed by atoms with Crippen LogP contribution >= 0.6 is 12.6 Å². The van der Waals surface area contributed by atoms with E-state index in [-0.39, 0.29) is 11.5 Å². The van der Waals surface area contributed by atoms with Crippen molar-refractivity contribution in [3.8, 4) is 0 Å². The number of hydrogen-bond donors (Lipinski definition) is 2. The monoisotopic (exact) mass is 148 g/mol. The molecule has 1 unspecified atom stereocenters. The highest BCUT2D eigenvalue weighted by Gasteiger charge is 2.17. The molecule has 0 aromatic heterocycles. The molecule has 0 aliphatic carbocycles. The Morgan fingerprint density at radius 1 is 1.67 bits per heavy atom. The molecule has 0 spiro atoms. The topological polar surface area (TPSA) is 54.4 Å². The highest BCUT2D eigenvalue weighted by Crippen LogP contribution is 1.97. The molecule has 0 radical (unpaired) electrons. The maximum absolute atomic E-state index is 10.5. The van der Waals surface area contributed by atoms with Gasteiger partial charge in [0.1, 0.15) is 5.92 Å². The van der Waals surface area contributed by atoms with Gasteiger partial charge in [0.05, 0.1) is 5.75 Å². The van der Waals surface area contributed by atoms with E-state index in [1.54, 1.807) is 0 Å². The first-order chi connectivity index (χ1) is 4.09. The zero-order chi connectivity index (χ0) is 7.44. The van der Waals surface area contributed by atoms with Gasteiger partial charge in [0.15, 0.2) is 5.78 Å². The number of hydrogen-bond acceptors (Lipinski definition) is 3. The second kappa shape index (κ2) is 3.50. The third kappa shape index (κ3) is 2.51. The molecule has 0 saturated carbocycles. The van der Waals surface area contributed by atoms with E-state index in [4.69, 9.17) is 5.11 Å². The highest BCUT2D eigenvalue weighted by molar-refractivity contribution is 7.81. The molecule has 0 rings (SSSR count). The van der Waals surface area contributed by atoms with Crippen molar-refractivity contribution in [3.05, 3.63) is 0 Å². The predicted molar refractivity (Wildman–Crippen MR) is 35.7 cm³/mol. The Morgan fingerprint density at radius 3 is 2.22 bits per heavy atom. The number of aliphatic carboxylic acids is 1. The van der Waals surface area contributed by atoms with Gasteiger partial charge in [-0.2, -0.15) is 12.6 Å². The van der Waals surface area contributed by atoms with Crippen LogP contribution in [0.4, 0.5) is 0 Å². The molecule has 0 saturated heterocycles. The summed E-state index contributed by atoms with van der Waals surface area (Å²) in [4.78, 5) is 20.5. The third-order valence-corrected chi connectivity index (χ3v) is 1.32. The van der Waals surface area contributed by atoms with Crippen LogP contribution in [0.25, 0.3) is 0 Å². The fourth-order valence-corrected chi connectivity index (χ4v) is 0.549. The SMILES string of the molecule is CC(C(=O)O)C(=O)CS. The molecule has 0 amide bonds. The molecule has 9 heavy (non-hydrogen) atoms. The smallest absolute Gasteiger partial charge is 0.313 e. The van der Waals surface area contributed by atoms with E-state index in [9.17, 15) is 9.59 Å². The first kappa shape index (κ1) is 8.49. The van der Waals surface area contributed by atoms with Crippen molar-refractivity contribution in [2.24, 2.45) is 5.92 Å². The van der Waals surface area contributed by atoms with Gasteiger partial charge in [-0.15, -0.1) is 0 Å². The number of carbonyl (C=O) groups excluding carboxylic acids is 1. The van der Waals surface area contributed by atoms with Crippen LogP contribution in [0, 0.1) is 5.92 Å². The Labute approximate surface area is 58.5 Å². The molecule has 0 fully saturated rings. The van der Waals surface area contributed by atoms with Crippen LogP contribution in [-0.2, 0) is 9.59 Å². The van der Waals surface area contributed by atoms with Gasteiger partial charge in [0, 0.05) is 0 Å². The van der Waals surface area contributed by atoms with Gasteiger partial charge in [-0.3, -0.25) is 9.59 Å². The Bertz CT molecular complexity index is 132. The molecule has 4 heteroatoms. The van der Waals surface area contributed by atoms with E-state index in [0.29, 0.717) is 0 Å². The summed E-state index contributed by atoms with van der Waals surface area (Å²) in [5.74, 6) is -2.37. The molecule has 3 nitrogen and oxygen atoms in total. The molecule has 0 aliphatic heterocycles. The maximum Gasteiger partial charge on any atom is 0.313 e. The maximum atomic E-state index is 10.5. The van der Waals surface area contributed by atoms with Crippen LogP contribution in [0.5, 0.6) is 0 Å². The molecule has 52 valence electrons. The van der Waals surface area contributed by atoms with Crippen LogP contribution in [-0.4, -0.2) is 22.6 Å². The Balaban J connectivity index is 3.88. The Morgan fingerprint density at radius 2 is 2.11 bits per heavy atom. The van der Waals surface area contributed by atoms with Crippen LogP contribution in [0.3, 0.4) is 0 Å². The lowest BCUT2D eigenvalue weighted by Gasteiger charge is -1.99. The van der Waals surface area contributed by atoms with Crippen molar-refractivity contribution in [2.75, 3.05) is 5.75 Å². The van der Waals surface area contributed by atoms with Gasteiger partial charge >= 0.3 is 5.97 Å². The van der Waals surface area contributed by atoms with E-state index >= 15 is 0 Å². The average Bonchev–Trinajstić information content (AvgIpc) is 1.84. The van der Waals surface area contributed by atoms with Crippen LogP contribution in [0.1, 0.15) is 6.92 Å². The zero-order valence-electron chi connectivity index (χ0n) is 5.00. The third-order valence-electron chi connectivity index (χ3n) is 1.01. The summed E-state index contributed by atoms with van der Waals surface area (Å²) in [6.07, 6.45) is 0. The highest BCUT2D eigenvalue weighted by atomic mass is 32.1. The largest absolute Gasteiger partial charge is 0.481 e. The molecule has 0 heterocycles. The van der Waals surface area contributed by atoms with Gasteiger partial charge in [-0.05, 0) is 6.92 Å². The van der Waals surface area contributed by atoms with Gasteiger partial charge in [-0.25, -0.2) is 0 Å². The number of carbonyl (C=O) groups is 2. The van der Waals surface area contributed by atoms with Crippen molar-refractivity contribution < 1.29 is 14.7 Å². The first-order valence-electron chi connectivity index (χ1n) is 2.46. The second-order valence-corrected chi connectivity index (χ2v) is 2.00. The number of thiol groups is 1. The van der Waals surface area contributed by atoms with E-state index in [2.05, 4.69) is 12.6 Å². The van der Waals surface area contributed by atoms with E-state index in [0.717, 1.165) is 0 Å². The zero-order valence-corrected chi connectivity index (χ0v) is 5.89. The fraction of sp³-hybridized carbons (Fsp3) is 0.600. The summed E-state index contributed by atoms with van der Waals surface area (Å²) >= 11 is 3.64. The van der Waals surface area contributed by atoms with Gasteiger partial charge in [0.25, 0.3) is 0 Å². The van der Waals surface area contributed by atoms with Crippen LogP contribution in [0.15, 0.2) is 0 Å². The van der Waals surface area contributed by atoms with Crippen molar-refractivity contribution in [1.29, 1.82) is 0 Å². The summed E-state index contributed by atoms with van der Waals surface area (Å²) in [6.45, 7) is 1.35. The standard InChI is InChI=1S/C5H8O3S/c1-3(5(7)8)4(6)2-9/h3,9H,2H2,1H3,(H,7,8). The first-order valence-corrected chi connectivity index (χ1v) is 3.09. The second-order valence-electron chi connectivity index (χ2n) is 1.68. The van der Waals surface area contributed by atoms with Crippen LogP contribution < -0.4 is 0 Å². The molecule has 1 N–H and O–H groups in total. The quantitative estimate of drug-likeness (QED) is 0.444. The van der Waals surface area contributed by atoms with Crippen molar-refractivity contribution >= 4 is 24.4 Å². The number of rotatable bonds is 3. The van der Waals surface area contributed by atoms with Gasteiger partial charge in [0.2, 0.25) is 0 Å². The predicted octanol–water partition coefficient (Wildman–Crippen LogP) is 0.206. The number of carboxylic acids is 1. The number of carboxylic acid groups (broad SMARTS) is 1.